The molecule has 2 unspecified atom stereocenters. The summed E-state index contributed by atoms with van der Waals surface area (Å²) in [5.41, 5.74) is 10.4. The zero-order valence-electron chi connectivity index (χ0n) is 12.2. The Labute approximate surface area is 121 Å². The summed E-state index contributed by atoms with van der Waals surface area (Å²) in [6, 6.07) is 16.2. The van der Waals surface area contributed by atoms with Crippen LogP contribution in [0.2, 0.25) is 0 Å². The maximum Gasteiger partial charge on any atom is 0.0873 e. The second kappa shape index (κ2) is 6.69. The van der Waals surface area contributed by atoms with Crippen LogP contribution in [0.4, 0.5) is 0 Å². The van der Waals surface area contributed by atoms with E-state index in [0.717, 1.165) is 17.5 Å². The first kappa shape index (κ1) is 14.8. The fourth-order valence-electron chi connectivity index (χ4n) is 2.79. The maximum absolute atomic E-state index is 10.8. The second-order valence-electron chi connectivity index (χ2n) is 5.20. The summed E-state index contributed by atoms with van der Waals surface area (Å²) >= 11 is 0. The van der Waals surface area contributed by atoms with Crippen molar-refractivity contribution in [3.05, 3.63) is 70.8 Å². The number of aliphatic hydroxyl groups is 1. The van der Waals surface area contributed by atoms with Crippen LogP contribution in [0.5, 0.6) is 0 Å². The number of nitrogens with two attached hydrogens (primary N) is 1. The Hall–Kier alpha value is -1.64. The van der Waals surface area contributed by atoms with E-state index in [9.17, 15) is 5.11 Å². The molecular formula is C18H23NO. The summed E-state index contributed by atoms with van der Waals surface area (Å²) in [7, 11) is 0. The molecule has 20 heavy (non-hydrogen) atoms. The van der Waals surface area contributed by atoms with Gasteiger partial charge in [-0.3, -0.25) is 0 Å². The molecule has 0 saturated heterocycles. The Balaban J connectivity index is 2.39. The van der Waals surface area contributed by atoms with Gasteiger partial charge in [0.05, 0.1) is 6.10 Å². The molecule has 0 aromatic heterocycles. The van der Waals surface area contributed by atoms with Gasteiger partial charge in [0.2, 0.25) is 0 Å². The predicted octanol–water partition coefficient (Wildman–Crippen LogP) is 3.33. The average molecular weight is 269 g/mol. The molecule has 2 atom stereocenters. The monoisotopic (exact) mass is 269 g/mol. The van der Waals surface area contributed by atoms with Gasteiger partial charge in [0.15, 0.2) is 0 Å². The Bertz CT molecular complexity index is 565. The first-order valence-electron chi connectivity index (χ1n) is 7.20. The Morgan fingerprint density at radius 2 is 1.60 bits per heavy atom. The highest BCUT2D eigenvalue weighted by Gasteiger charge is 2.24. The van der Waals surface area contributed by atoms with Crippen molar-refractivity contribution in [2.75, 3.05) is 6.54 Å². The zero-order chi connectivity index (χ0) is 14.5. The van der Waals surface area contributed by atoms with Crippen molar-refractivity contribution < 1.29 is 5.11 Å². The highest BCUT2D eigenvalue weighted by atomic mass is 16.3. The van der Waals surface area contributed by atoms with Crippen LogP contribution in [0.1, 0.15) is 41.2 Å². The molecule has 0 aliphatic rings. The molecule has 0 heterocycles. The molecule has 2 aromatic rings. The SMILES string of the molecule is CCc1ccccc1C(O)C(CN)c1ccccc1C. The summed E-state index contributed by atoms with van der Waals surface area (Å²) in [6.45, 7) is 4.61. The van der Waals surface area contributed by atoms with E-state index in [1.54, 1.807) is 0 Å². The van der Waals surface area contributed by atoms with Crippen molar-refractivity contribution in [2.24, 2.45) is 5.73 Å². The molecule has 2 heteroatoms. The number of aryl methyl sites for hydroxylation is 2. The van der Waals surface area contributed by atoms with E-state index in [2.05, 4.69) is 32.0 Å². The third-order valence-electron chi connectivity index (χ3n) is 3.98. The third-order valence-corrected chi connectivity index (χ3v) is 3.98. The standard InChI is InChI=1S/C18H23NO/c1-3-14-9-5-7-11-16(14)18(20)17(12-19)15-10-6-4-8-13(15)2/h4-11,17-18,20H,3,12,19H2,1-2H3. The minimum absolute atomic E-state index is 0.0658. The second-order valence-corrected chi connectivity index (χ2v) is 5.20. The molecule has 0 amide bonds. The molecule has 2 aromatic carbocycles. The predicted molar refractivity (Wildman–Crippen MR) is 83.8 cm³/mol. The van der Waals surface area contributed by atoms with Gasteiger partial charge in [-0.15, -0.1) is 0 Å². The minimum atomic E-state index is -0.558. The molecule has 0 bridgehead atoms. The van der Waals surface area contributed by atoms with E-state index in [1.807, 2.05) is 30.3 Å². The fraction of sp³-hybridized carbons (Fsp3) is 0.333. The molecule has 2 rings (SSSR count). The van der Waals surface area contributed by atoms with Crippen molar-refractivity contribution in [2.45, 2.75) is 32.3 Å². The summed E-state index contributed by atoms with van der Waals surface area (Å²) in [5.74, 6) is -0.0658. The smallest absolute Gasteiger partial charge is 0.0873 e. The lowest BCUT2D eigenvalue weighted by Crippen LogP contribution is -2.21. The van der Waals surface area contributed by atoms with Gasteiger partial charge in [-0.1, -0.05) is 55.5 Å². The van der Waals surface area contributed by atoms with Crippen LogP contribution in [-0.4, -0.2) is 11.7 Å². The third kappa shape index (κ3) is 2.92. The minimum Gasteiger partial charge on any atom is -0.388 e. The van der Waals surface area contributed by atoms with Gasteiger partial charge in [-0.2, -0.15) is 0 Å². The molecule has 106 valence electrons. The van der Waals surface area contributed by atoms with Crippen molar-refractivity contribution >= 4 is 0 Å². The Morgan fingerprint density at radius 1 is 1.00 bits per heavy atom. The molecule has 2 nitrogen and oxygen atoms in total. The van der Waals surface area contributed by atoms with Crippen LogP contribution in [0.25, 0.3) is 0 Å². The van der Waals surface area contributed by atoms with E-state index < -0.39 is 6.10 Å². The van der Waals surface area contributed by atoms with Gasteiger partial charge >= 0.3 is 0 Å². The molecule has 0 aliphatic carbocycles. The van der Waals surface area contributed by atoms with Crippen molar-refractivity contribution in [1.82, 2.24) is 0 Å². The van der Waals surface area contributed by atoms with Gasteiger partial charge in [0, 0.05) is 12.5 Å². The molecule has 0 radical (unpaired) electrons. The van der Waals surface area contributed by atoms with E-state index in [1.165, 1.54) is 11.1 Å². The van der Waals surface area contributed by atoms with E-state index in [0.29, 0.717) is 6.54 Å². The summed E-state index contributed by atoms with van der Waals surface area (Å²) in [4.78, 5) is 0. The topological polar surface area (TPSA) is 46.2 Å². The van der Waals surface area contributed by atoms with Crippen LogP contribution >= 0.6 is 0 Å². The quantitative estimate of drug-likeness (QED) is 0.874. The van der Waals surface area contributed by atoms with Gasteiger partial charge in [-0.05, 0) is 35.6 Å². The average Bonchev–Trinajstić information content (AvgIpc) is 2.49. The van der Waals surface area contributed by atoms with Gasteiger partial charge < -0.3 is 10.8 Å². The largest absolute Gasteiger partial charge is 0.388 e. The van der Waals surface area contributed by atoms with Crippen LogP contribution in [-0.2, 0) is 6.42 Å². The normalized spacial score (nSPS) is 14.0. The molecule has 3 N–H and O–H groups in total. The lowest BCUT2D eigenvalue weighted by atomic mass is 9.85. The van der Waals surface area contributed by atoms with Gasteiger partial charge in [-0.25, -0.2) is 0 Å². The fourth-order valence-corrected chi connectivity index (χ4v) is 2.79. The number of hydrogen-bond donors (Lipinski definition) is 2. The Morgan fingerprint density at radius 3 is 2.20 bits per heavy atom. The number of aliphatic hydroxyl groups excluding tert-OH is 1. The number of hydrogen-bond acceptors (Lipinski definition) is 2. The number of rotatable bonds is 5. The van der Waals surface area contributed by atoms with E-state index in [4.69, 9.17) is 5.73 Å². The first-order valence-corrected chi connectivity index (χ1v) is 7.20. The highest BCUT2D eigenvalue weighted by molar-refractivity contribution is 5.36. The van der Waals surface area contributed by atoms with Crippen molar-refractivity contribution in [1.29, 1.82) is 0 Å². The lowest BCUT2D eigenvalue weighted by molar-refractivity contribution is 0.146. The molecule has 0 fully saturated rings. The maximum atomic E-state index is 10.8. The lowest BCUT2D eigenvalue weighted by Gasteiger charge is -2.25. The first-order chi connectivity index (χ1) is 9.69. The summed E-state index contributed by atoms with van der Waals surface area (Å²) < 4.78 is 0. The number of benzene rings is 2. The van der Waals surface area contributed by atoms with Crippen LogP contribution in [0.15, 0.2) is 48.5 Å². The molecule has 0 aliphatic heterocycles. The Kier molecular flexibility index (Phi) is 4.94. The van der Waals surface area contributed by atoms with Gasteiger partial charge in [0.25, 0.3) is 0 Å². The molecule has 0 spiro atoms. The molecule has 0 saturated carbocycles. The van der Waals surface area contributed by atoms with Gasteiger partial charge in [0.1, 0.15) is 0 Å². The van der Waals surface area contributed by atoms with E-state index >= 15 is 0 Å². The van der Waals surface area contributed by atoms with Crippen LogP contribution < -0.4 is 5.73 Å². The zero-order valence-corrected chi connectivity index (χ0v) is 12.2. The highest BCUT2D eigenvalue weighted by Crippen LogP contribution is 2.33. The van der Waals surface area contributed by atoms with E-state index in [-0.39, 0.29) is 5.92 Å². The van der Waals surface area contributed by atoms with Crippen molar-refractivity contribution in [3.63, 3.8) is 0 Å². The van der Waals surface area contributed by atoms with Crippen LogP contribution in [0.3, 0.4) is 0 Å². The summed E-state index contributed by atoms with van der Waals surface area (Å²) in [6.07, 6.45) is 0.357. The van der Waals surface area contributed by atoms with Crippen LogP contribution in [0, 0.1) is 6.92 Å². The van der Waals surface area contributed by atoms with Crippen molar-refractivity contribution in [3.8, 4) is 0 Å². The molecular weight excluding hydrogens is 246 g/mol. The summed E-state index contributed by atoms with van der Waals surface area (Å²) in [5, 5.41) is 10.8.